The Hall–Kier alpha value is -3.36. The van der Waals surface area contributed by atoms with Gasteiger partial charge in [0.05, 0.1) is 4.90 Å². The van der Waals surface area contributed by atoms with Crippen molar-refractivity contribution in [3.63, 3.8) is 0 Å². The van der Waals surface area contributed by atoms with E-state index in [9.17, 15) is 22.0 Å². The van der Waals surface area contributed by atoms with Crippen LogP contribution in [0.5, 0.6) is 0 Å². The molecule has 39 heavy (non-hydrogen) atoms. The van der Waals surface area contributed by atoms with E-state index in [-0.39, 0.29) is 22.4 Å². The van der Waals surface area contributed by atoms with Gasteiger partial charge in [0.15, 0.2) is 5.78 Å². The first-order valence-corrected chi connectivity index (χ1v) is 14.9. The molecule has 0 N–H and O–H groups in total. The second-order valence-electron chi connectivity index (χ2n) is 10.7. The van der Waals surface area contributed by atoms with Gasteiger partial charge in [-0.05, 0) is 103 Å². The Morgan fingerprint density at radius 3 is 2.23 bits per heavy atom. The summed E-state index contributed by atoms with van der Waals surface area (Å²) in [5.74, 6) is -0.522. The second-order valence-corrected chi connectivity index (χ2v) is 12.6. The highest BCUT2D eigenvalue weighted by molar-refractivity contribution is 7.89. The number of sulfonamides is 1. The van der Waals surface area contributed by atoms with Crippen molar-refractivity contribution in [3.8, 4) is 0 Å². The minimum absolute atomic E-state index is 0.0814. The second kappa shape index (κ2) is 10.3. The van der Waals surface area contributed by atoms with Gasteiger partial charge in [-0.3, -0.25) is 4.79 Å². The van der Waals surface area contributed by atoms with Crippen LogP contribution in [-0.4, -0.2) is 44.7 Å². The number of hydrogen-bond donors (Lipinski definition) is 0. The van der Waals surface area contributed by atoms with Gasteiger partial charge in [0.2, 0.25) is 10.0 Å². The summed E-state index contributed by atoms with van der Waals surface area (Å²) in [5, 5.41) is 0. The number of Topliss-reactive ketones (excluding diaryl/α,β-unsaturated/α-hetero) is 1. The van der Waals surface area contributed by atoms with E-state index < -0.39 is 15.8 Å². The number of nitrogens with zero attached hydrogens (tertiary/aromatic N) is 2. The maximum absolute atomic E-state index is 13.4. The van der Waals surface area contributed by atoms with Crippen LogP contribution < -0.4 is 4.90 Å². The number of ketones is 1. The Bertz CT molecular complexity index is 1540. The van der Waals surface area contributed by atoms with Crippen molar-refractivity contribution in [1.82, 2.24) is 4.31 Å². The lowest BCUT2D eigenvalue weighted by Gasteiger charge is -2.31. The molecule has 2 heterocycles. The maximum atomic E-state index is 13.4. The molecule has 202 valence electrons. The van der Waals surface area contributed by atoms with Crippen molar-refractivity contribution in [3.05, 3.63) is 101 Å². The molecule has 6 rings (SSSR count). The number of anilines is 1. The lowest BCUT2D eigenvalue weighted by Crippen LogP contribution is -2.38. The molecule has 0 spiro atoms. The van der Waals surface area contributed by atoms with Gasteiger partial charge in [-0.2, -0.15) is 4.31 Å². The monoisotopic (exact) mass is 548 g/mol. The molecule has 0 bridgehead atoms. The minimum atomic E-state index is -3.67. The van der Waals surface area contributed by atoms with Crippen LogP contribution >= 0.6 is 0 Å². The molecule has 3 aromatic rings. The molecule has 3 aliphatic rings. The Morgan fingerprint density at radius 1 is 0.872 bits per heavy atom. The van der Waals surface area contributed by atoms with E-state index in [4.69, 9.17) is 0 Å². The molecule has 0 unspecified atom stereocenters. The summed E-state index contributed by atoms with van der Waals surface area (Å²) in [7, 11) is -3.67. The number of piperidine rings is 1. The molecule has 0 radical (unpaired) electrons. The highest BCUT2D eigenvalue weighted by Crippen LogP contribution is 2.39. The SMILES string of the molecule is O=C(CC1CCN(S(=O)(=O)c2ccc(F)cc2)CC1)c1ccc2c(c1)C1=C(CCN(c3ccc(F)cc3)C1)C2. The smallest absolute Gasteiger partial charge is 0.243 e. The Balaban J connectivity index is 1.10. The first-order chi connectivity index (χ1) is 18.8. The zero-order valence-corrected chi connectivity index (χ0v) is 22.4. The molecule has 3 aromatic carbocycles. The summed E-state index contributed by atoms with van der Waals surface area (Å²) in [6.07, 6.45) is 3.47. The zero-order valence-electron chi connectivity index (χ0n) is 21.6. The van der Waals surface area contributed by atoms with Gasteiger partial charge >= 0.3 is 0 Å². The molecule has 0 aromatic heterocycles. The topological polar surface area (TPSA) is 57.7 Å². The van der Waals surface area contributed by atoms with E-state index in [0.717, 1.165) is 49.3 Å². The molecule has 5 nitrogen and oxygen atoms in total. The van der Waals surface area contributed by atoms with Gasteiger partial charge in [0.25, 0.3) is 0 Å². The molecular formula is C31H30F2N2O3S. The van der Waals surface area contributed by atoms with E-state index in [1.165, 1.54) is 45.3 Å². The fourth-order valence-corrected chi connectivity index (χ4v) is 7.52. The predicted molar refractivity (Wildman–Crippen MR) is 147 cm³/mol. The van der Waals surface area contributed by atoms with Gasteiger partial charge in [-0.25, -0.2) is 17.2 Å². The van der Waals surface area contributed by atoms with Crippen LogP contribution in [0, 0.1) is 17.6 Å². The standard InChI is InChI=1S/C31H30F2N2O3S/c32-25-3-7-27(8-4-25)34-14-13-23-18-22-1-2-24(19-29(22)30(23)20-34)31(36)17-21-11-15-35(16-12-21)39(37,38)28-9-5-26(33)6-10-28/h1-10,19,21H,11-18,20H2. The van der Waals surface area contributed by atoms with Crippen LogP contribution in [0.15, 0.2) is 77.2 Å². The van der Waals surface area contributed by atoms with Gasteiger partial charge in [-0.1, -0.05) is 17.7 Å². The molecule has 2 aliphatic heterocycles. The summed E-state index contributed by atoms with van der Waals surface area (Å²) in [5.41, 5.74) is 6.77. The first-order valence-electron chi connectivity index (χ1n) is 13.4. The van der Waals surface area contributed by atoms with Gasteiger partial charge in [0.1, 0.15) is 11.6 Å². The Kier molecular flexibility index (Phi) is 6.85. The van der Waals surface area contributed by atoms with Crippen LogP contribution in [0.2, 0.25) is 0 Å². The number of carbonyl (C=O) groups excluding carboxylic acids is 1. The largest absolute Gasteiger partial charge is 0.367 e. The average molecular weight is 549 g/mol. The quantitative estimate of drug-likeness (QED) is 0.362. The highest BCUT2D eigenvalue weighted by atomic mass is 32.2. The van der Waals surface area contributed by atoms with E-state index in [0.29, 0.717) is 37.9 Å². The van der Waals surface area contributed by atoms with Gasteiger partial charge < -0.3 is 4.90 Å². The fraction of sp³-hybridized carbons (Fsp3) is 0.323. The number of fused-ring (bicyclic) bond motifs is 2. The molecule has 1 aliphatic carbocycles. The summed E-state index contributed by atoms with van der Waals surface area (Å²) in [4.78, 5) is 15.6. The van der Waals surface area contributed by atoms with Crippen LogP contribution in [0.1, 0.15) is 47.2 Å². The molecule has 0 amide bonds. The molecular weight excluding hydrogens is 518 g/mol. The first kappa shape index (κ1) is 25.9. The summed E-state index contributed by atoms with van der Waals surface area (Å²) in [6.45, 7) is 2.32. The van der Waals surface area contributed by atoms with Crippen molar-refractivity contribution >= 4 is 27.1 Å². The van der Waals surface area contributed by atoms with Crippen LogP contribution in [0.4, 0.5) is 14.5 Å². The number of hydrogen-bond acceptors (Lipinski definition) is 4. The summed E-state index contributed by atoms with van der Waals surface area (Å²) in [6, 6.07) is 17.5. The predicted octanol–water partition coefficient (Wildman–Crippen LogP) is 5.86. The molecule has 1 saturated heterocycles. The maximum Gasteiger partial charge on any atom is 0.243 e. The summed E-state index contributed by atoms with van der Waals surface area (Å²) < 4.78 is 53.9. The van der Waals surface area contributed by atoms with Crippen molar-refractivity contribution in [1.29, 1.82) is 0 Å². The van der Waals surface area contributed by atoms with E-state index in [1.807, 2.05) is 24.3 Å². The fourth-order valence-electron chi connectivity index (χ4n) is 6.05. The van der Waals surface area contributed by atoms with E-state index >= 15 is 0 Å². The van der Waals surface area contributed by atoms with Crippen molar-refractivity contribution in [2.45, 2.75) is 37.0 Å². The van der Waals surface area contributed by atoms with E-state index in [2.05, 4.69) is 11.0 Å². The van der Waals surface area contributed by atoms with Crippen molar-refractivity contribution in [2.75, 3.05) is 31.1 Å². The van der Waals surface area contributed by atoms with Crippen molar-refractivity contribution < 1.29 is 22.0 Å². The summed E-state index contributed by atoms with van der Waals surface area (Å²) >= 11 is 0. The third-order valence-electron chi connectivity index (χ3n) is 8.31. The number of halogens is 2. The Labute approximate surface area is 227 Å². The van der Waals surface area contributed by atoms with E-state index in [1.54, 1.807) is 0 Å². The van der Waals surface area contributed by atoms with Crippen LogP contribution in [-0.2, 0) is 16.4 Å². The number of rotatable bonds is 6. The Morgan fingerprint density at radius 2 is 1.54 bits per heavy atom. The third kappa shape index (κ3) is 5.15. The molecule has 1 fully saturated rings. The van der Waals surface area contributed by atoms with Crippen LogP contribution in [0.3, 0.4) is 0 Å². The average Bonchev–Trinajstić information content (AvgIpc) is 3.31. The normalized spacial score (nSPS) is 18.3. The minimum Gasteiger partial charge on any atom is -0.367 e. The van der Waals surface area contributed by atoms with Gasteiger partial charge in [0, 0.05) is 43.9 Å². The number of benzene rings is 3. The van der Waals surface area contributed by atoms with Crippen LogP contribution in [0.25, 0.3) is 5.57 Å². The lowest BCUT2D eigenvalue weighted by atomic mass is 9.89. The molecule has 0 saturated carbocycles. The van der Waals surface area contributed by atoms with Crippen molar-refractivity contribution in [2.24, 2.45) is 5.92 Å². The van der Waals surface area contributed by atoms with Gasteiger partial charge in [-0.15, -0.1) is 0 Å². The lowest BCUT2D eigenvalue weighted by molar-refractivity contribution is 0.0945. The third-order valence-corrected chi connectivity index (χ3v) is 10.2. The highest BCUT2D eigenvalue weighted by Gasteiger charge is 2.31. The molecule has 0 atom stereocenters. The number of carbonyl (C=O) groups is 1. The zero-order chi connectivity index (χ0) is 27.1. The molecule has 8 heteroatoms.